The van der Waals surface area contributed by atoms with Gasteiger partial charge in [0.1, 0.15) is 23.9 Å². The maximum Gasteiger partial charge on any atom is 0.324 e. The maximum atomic E-state index is 16.1. The lowest BCUT2D eigenvalue weighted by Crippen LogP contribution is -2.63. The molecule has 3 saturated heterocycles. The molecule has 0 saturated carbocycles. The van der Waals surface area contributed by atoms with Crippen LogP contribution in [0.15, 0.2) is 66.9 Å². The number of fused-ring (bicyclic) bond motifs is 6. The number of pyridine rings is 1. The van der Waals surface area contributed by atoms with Gasteiger partial charge in [-0.15, -0.1) is 0 Å². The third kappa shape index (κ3) is 12.3. The Morgan fingerprint density at radius 2 is 1.76 bits per heavy atom. The Hall–Kier alpha value is -6.21. The van der Waals surface area contributed by atoms with Crippen LogP contribution in [0.1, 0.15) is 90.2 Å². The number of likely N-dealkylation sites (tertiary alicyclic amines) is 1. The number of urea groups is 1. The largest absolute Gasteiger partial charge is 0.464 e. The summed E-state index contributed by atoms with van der Waals surface area (Å²) in [6.07, 6.45) is 7.27. The van der Waals surface area contributed by atoms with E-state index in [1.807, 2.05) is 68.9 Å². The highest BCUT2D eigenvalue weighted by Gasteiger charge is 2.44. The highest BCUT2D eigenvalue weighted by atomic mass is 19.1. The van der Waals surface area contributed by atoms with Crippen molar-refractivity contribution in [1.29, 1.82) is 0 Å². The van der Waals surface area contributed by atoms with Gasteiger partial charge in [0.2, 0.25) is 11.8 Å². The topological polar surface area (TPSA) is 171 Å². The first kappa shape index (κ1) is 56.0. The second-order valence-electron chi connectivity index (χ2n) is 22.5. The van der Waals surface area contributed by atoms with Crippen LogP contribution in [-0.2, 0) is 52.8 Å². The number of benzene rings is 2. The van der Waals surface area contributed by atoms with Gasteiger partial charge in [0.05, 0.1) is 42.9 Å². The monoisotopic (exact) mass is 1050 g/mol. The summed E-state index contributed by atoms with van der Waals surface area (Å²) in [5.74, 6) is -2.52. The number of nitrogens with zero attached hydrogens (tertiary/aromatic N) is 7. The first-order valence-electron chi connectivity index (χ1n) is 27.0. The minimum Gasteiger partial charge on any atom is -0.464 e. The number of cyclic esters (lactones) is 1. The molecule has 0 unspecified atom stereocenters. The van der Waals surface area contributed by atoms with Crippen LogP contribution in [0.4, 0.5) is 9.18 Å². The van der Waals surface area contributed by atoms with Crippen molar-refractivity contribution in [2.24, 2.45) is 11.3 Å². The Balaban J connectivity index is 1.10. The Bertz CT molecular complexity index is 2820. The van der Waals surface area contributed by atoms with Gasteiger partial charge in [-0.25, -0.2) is 14.6 Å². The molecule has 0 aliphatic carbocycles. The predicted molar refractivity (Wildman–Crippen MR) is 289 cm³/mol. The van der Waals surface area contributed by atoms with Crippen molar-refractivity contribution >= 4 is 40.6 Å². The zero-order valence-electron chi connectivity index (χ0n) is 46.1. The highest BCUT2D eigenvalue weighted by Crippen LogP contribution is 2.42. The number of rotatable bonds is 11. The maximum absolute atomic E-state index is 16.1. The lowest BCUT2D eigenvalue weighted by molar-refractivity contribution is -0.155. The van der Waals surface area contributed by atoms with Crippen molar-refractivity contribution in [2.75, 3.05) is 80.7 Å². The molecule has 17 nitrogen and oxygen atoms in total. The van der Waals surface area contributed by atoms with Gasteiger partial charge in [-0.2, -0.15) is 0 Å². The van der Waals surface area contributed by atoms with E-state index in [0.717, 1.165) is 39.0 Å². The molecule has 18 heteroatoms. The fourth-order valence-corrected chi connectivity index (χ4v) is 11.5. The number of methoxy groups -OCH3 is 1. The molecule has 2 N–H and O–H groups in total. The number of aryl methyl sites for hydroxylation is 1. The Labute approximate surface area is 447 Å². The van der Waals surface area contributed by atoms with Gasteiger partial charge in [0.15, 0.2) is 0 Å². The lowest BCUT2D eigenvalue weighted by atomic mass is 9.84. The number of carbonyl (C=O) groups is 5. The second kappa shape index (κ2) is 23.6. The smallest absolute Gasteiger partial charge is 0.324 e. The minimum atomic E-state index is -1.23. The summed E-state index contributed by atoms with van der Waals surface area (Å²) < 4.78 is 36.7. The summed E-state index contributed by atoms with van der Waals surface area (Å²) in [6.45, 7) is 15.5. The molecule has 4 aromatic rings. The average Bonchev–Trinajstić information content (AvgIpc) is 3.70. The molecular formula is C58H78FN9O8. The summed E-state index contributed by atoms with van der Waals surface area (Å²) in [6, 6.07) is 11.4. The van der Waals surface area contributed by atoms with Crippen LogP contribution in [0.5, 0.6) is 0 Å². The third-order valence-electron chi connectivity index (χ3n) is 15.5. The number of hydrazine groups is 1. The minimum absolute atomic E-state index is 0.0664. The fourth-order valence-electron chi connectivity index (χ4n) is 11.5. The second-order valence-corrected chi connectivity index (χ2v) is 22.5. The van der Waals surface area contributed by atoms with E-state index in [9.17, 15) is 24.0 Å². The predicted octanol–water partition coefficient (Wildman–Crippen LogP) is 6.77. The Morgan fingerprint density at radius 3 is 2.47 bits per heavy atom. The normalized spacial score (nSPS) is 21.0. The number of ether oxygens (including phenoxy) is 3. The van der Waals surface area contributed by atoms with Gasteiger partial charge in [0.25, 0.3) is 5.91 Å². The van der Waals surface area contributed by atoms with E-state index in [1.165, 1.54) is 22.0 Å². The van der Waals surface area contributed by atoms with Crippen LogP contribution < -0.4 is 10.7 Å². The van der Waals surface area contributed by atoms with E-state index in [0.29, 0.717) is 89.1 Å². The van der Waals surface area contributed by atoms with E-state index >= 15 is 4.39 Å². The van der Waals surface area contributed by atoms with E-state index in [1.54, 1.807) is 31.3 Å². The van der Waals surface area contributed by atoms with Crippen LogP contribution in [-0.4, -0.2) is 168 Å². The van der Waals surface area contributed by atoms with Gasteiger partial charge in [-0.1, -0.05) is 45.9 Å². The van der Waals surface area contributed by atoms with Gasteiger partial charge in [-0.05, 0) is 125 Å². The molecule has 6 bridgehead atoms. The Kier molecular flexibility index (Phi) is 17.4. The van der Waals surface area contributed by atoms with Gasteiger partial charge in [-0.3, -0.25) is 29.2 Å². The molecule has 8 rings (SSSR count). The number of morpholine rings is 1. The standard InChI is InChI=1S/C58H78FN9O8/c1-11-67-48-19-18-40-33-44(48)45(52(67)43-15-12-22-60-50(43)38(4)74-10)34-57(5,6)36-75-55(72)46-16-13-24-68(62-46)54(71)47(31-39-29-41(40)32-42(59)30-39)61-53(70)51(37(2)3)64(9)56(73)65-25-20-58(21-26-65)35-66(27-28-76-58)49(69)17-14-23-63(7)8/h12,14-15,17-19,22,29-30,32-33,37-38,46-47,51,62H,11,13,16,20-21,23-28,31,34-36H2,1-10H3,(H,61,70)/b17-14+/t38-,46-,47-,51-/m0/s1. The van der Waals surface area contributed by atoms with Crippen LogP contribution in [0.2, 0.25) is 0 Å². The molecule has 0 radical (unpaired) electrons. The molecule has 4 aliphatic rings. The summed E-state index contributed by atoms with van der Waals surface area (Å²) in [5, 5.41) is 5.33. The molecule has 2 aromatic carbocycles. The first-order valence-corrected chi connectivity index (χ1v) is 27.0. The van der Waals surface area contributed by atoms with Crippen LogP contribution in [0.25, 0.3) is 33.3 Å². The van der Waals surface area contributed by atoms with Gasteiger partial charge in [0, 0.05) is 94.0 Å². The van der Waals surface area contributed by atoms with Crippen molar-refractivity contribution < 1.29 is 42.6 Å². The number of nitrogens with one attached hydrogen (secondary N) is 2. The van der Waals surface area contributed by atoms with E-state index in [4.69, 9.17) is 19.2 Å². The molecule has 2 aromatic heterocycles. The molecule has 5 amide bonds. The molecule has 3 fully saturated rings. The zero-order valence-corrected chi connectivity index (χ0v) is 46.1. The number of hydrogen-bond donors (Lipinski definition) is 2. The SMILES string of the molecule is CCn1c(-c2cccnc2[C@H](C)OC)c2c3cc(ccc31)-c1cc(F)cc(c1)C[C@H](NC(=O)[C@H](C(C)C)N(C)C(=O)N1CCC3(CC1)CN(C(=O)/C=C/CN(C)C)CCO3)C(=O)N1CCC[C@H](N1)C(=O)OCC(C)(C)C2. The molecule has 410 valence electrons. The van der Waals surface area contributed by atoms with Crippen molar-refractivity contribution in [1.82, 2.24) is 44.9 Å². The number of likely N-dealkylation sites (N-methyl/N-ethyl adjacent to an activating group) is 2. The summed E-state index contributed by atoms with van der Waals surface area (Å²) in [5.41, 5.74) is 8.47. The molecule has 4 atom stereocenters. The molecule has 76 heavy (non-hydrogen) atoms. The van der Waals surface area contributed by atoms with E-state index in [2.05, 4.69) is 54.3 Å². The average molecular weight is 1050 g/mol. The first-order chi connectivity index (χ1) is 36.2. The number of esters is 1. The number of aromatic nitrogens is 2. The lowest BCUT2D eigenvalue weighted by Gasteiger charge is -2.47. The number of amides is 5. The quantitative estimate of drug-likeness (QED) is 0.120. The number of hydrogen-bond acceptors (Lipinski definition) is 11. The summed E-state index contributed by atoms with van der Waals surface area (Å²) in [4.78, 5) is 82.9. The van der Waals surface area contributed by atoms with Crippen molar-refractivity contribution in [3.8, 4) is 22.4 Å². The Morgan fingerprint density at radius 1 is 1.00 bits per heavy atom. The molecule has 4 aliphatic heterocycles. The van der Waals surface area contributed by atoms with E-state index in [-0.39, 0.29) is 43.5 Å². The molecule has 6 heterocycles. The summed E-state index contributed by atoms with van der Waals surface area (Å²) >= 11 is 0. The molecule has 1 spiro atoms. The van der Waals surface area contributed by atoms with Gasteiger partial charge < -0.3 is 43.7 Å². The van der Waals surface area contributed by atoms with Crippen LogP contribution in [0.3, 0.4) is 0 Å². The zero-order chi connectivity index (χ0) is 54.6. The van der Waals surface area contributed by atoms with Crippen molar-refractivity contribution in [3.05, 3.63) is 89.5 Å². The molecular weight excluding hydrogens is 970 g/mol. The number of halogens is 1. The van der Waals surface area contributed by atoms with Crippen LogP contribution in [0, 0.1) is 17.2 Å². The van der Waals surface area contributed by atoms with Gasteiger partial charge >= 0.3 is 12.0 Å². The van der Waals surface area contributed by atoms with Crippen molar-refractivity contribution in [2.45, 2.75) is 116 Å². The number of carbonyl (C=O) groups excluding carboxylic acids is 5. The number of piperidine rings is 1. The van der Waals surface area contributed by atoms with Crippen LogP contribution >= 0.6 is 0 Å². The fraction of sp³-hybridized carbons (Fsp3) is 0.552. The highest BCUT2D eigenvalue weighted by molar-refractivity contribution is 5.96. The summed E-state index contributed by atoms with van der Waals surface area (Å²) in [7, 11) is 7.14. The van der Waals surface area contributed by atoms with Crippen molar-refractivity contribution in [3.63, 3.8) is 0 Å². The third-order valence-corrected chi connectivity index (χ3v) is 15.5. The van der Waals surface area contributed by atoms with E-state index < -0.39 is 52.7 Å².